The predicted octanol–water partition coefficient (Wildman–Crippen LogP) is 2.21. The minimum absolute atomic E-state index is 0.210. The summed E-state index contributed by atoms with van der Waals surface area (Å²) in [7, 11) is 1.51. The maximum Gasteiger partial charge on any atom is 0.314 e. The van der Waals surface area contributed by atoms with Crippen LogP contribution < -0.4 is 25.9 Å². The largest absolute Gasteiger partial charge is 0.493 e. The third-order valence-corrected chi connectivity index (χ3v) is 4.30. The highest BCUT2D eigenvalue weighted by Crippen LogP contribution is 2.36. The van der Waals surface area contributed by atoms with Gasteiger partial charge in [0.05, 0.1) is 29.8 Å². The number of H-pyrrole nitrogens is 2. The maximum absolute atomic E-state index is 12.5. The number of hydrogen-bond acceptors (Lipinski definition) is 5. The molecule has 0 saturated carbocycles. The molecule has 8 nitrogen and oxygen atoms in total. The summed E-state index contributed by atoms with van der Waals surface area (Å²) in [5.41, 5.74) is 0.343. The molecular formula is C19H18ClN3O5. The second-order valence-electron chi connectivity index (χ2n) is 5.89. The molecule has 3 aromatic rings. The minimum Gasteiger partial charge on any atom is -0.493 e. The number of nitrogens with one attached hydrogen (secondary N) is 3. The Morgan fingerprint density at radius 3 is 2.50 bits per heavy atom. The lowest BCUT2D eigenvalue weighted by atomic mass is 10.1. The van der Waals surface area contributed by atoms with Gasteiger partial charge in [-0.2, -0.15) is 0 Å². The van der Waals surface area contributed by atoms with E-state index in [0.717, 1.165) is 5.56 Å². The summed E-state index contributed by atoms with van der Waals surface area (Å²) in [5.74, 6) is 0.581. The van der Waals surface area contributed by atoms with Gasteiger partial charge < -0.3 is 24.8 Å². The summed E-state index contributed by atoms with van der Waals surface area (Å²) in [5, 5.41) is 3.16. The van der Waals surface area contributed by atoms with Gasteiger partial charge in [-0.25, -0.2) is 0 Å². The Balaban J connectivity index is 1.79. The fourth-order valence-electron chi connectivity index (χ4n) is 2.70. The molecule has 0 fully saturated rings. The second kappa shape index (κ2) is 8.18. The van der Waals surface area contributed by atoms with Gasteiger partial charge in [0.25, 0.3) is 5.91 Å². The highest BCUT2D eigenvalue weighted by atomic mass is 35.5. The van der Waals surface area contributed by atoms with Crippen molar-refractivity contribution < 1.29 is 14.3 Å². The quantitative estimate of drug-likeness (QED) is 0.546. The third kappa shape index (κ3) is 4.01. The lowest BCUT2D eigenvalue weighted by molar-refractivity contribution is 0.0951. The first-order chi connectivity index (χ1) is 13.4. The molecule has 0 radical (unpaired) electrons. The summed E-state index contributed by atoms with van der Waals surface area (Å²) < 4.78 is 10.8. The van der Waals surface area contributed by atoms with Gasteiger partial charge in [0.2, 0.25) is 0 Å². The first-order valence-electron chi connectivity index (χ1n) is 8.46. The average molecular weight is 404 g/mol. The Bertz CT molecular complexity index is 1150. The molecule has 0 unspecified atom stereocenters. The summed E-state index contributed by atoms with van der Waals surface area (Å²) in [6.45, 7) is 2.50. The molecule has 1 aromatic heterocycles. The molecule has 0 aliphatic rings. The van der Waals surface area contributed by atoms with Crippen LogP contribution in [0.3, 0.4) is 0 Å². The molecule has 0 aliphatic heterocycles. The van der Waals surface area contributed by atoms with E-state index in [9.17, 15) is 14.4 Å². The number of methoxy groups -OCH3 is 1. The number of fused-ring (bicyclic) bond motifs is 1. The van der Waals surface area contributed by atoms with Crippen LogP contribution in [-0.2, 0) is 6.54 Å². The number of aromatic amines is 2. The van der Waals surface area contributed by atoms with E-state index in [2.05, 4.69) is 15.3 Å². The van der Waals surface area contributed by atoms with Gasteiger partial charge >= 0.3 is 11.1 Å². The molecule has 146 valence electrons. The van der Waals surface area contributed by atoms with Crippen molar-refractivity contribution in [1.82, 2.24) is 15.3 Å². The standard InChI is InChI=1S/C19H18ClN3O5/c1-3-28-16-12(20)6-10(7-15(16)27-2)9-21-17(24)11-4-5-13-14(8-11)23-19(26)18(25)22-13/h4-8H,3,9H2,1-2H3,(H,21,24)(H,22,25)(H,23,26). The zero-order valence-electron chi connectivity index (χ0n) is 15.2. The summed E-state index contributed by atoms with van der Waals surface area (Å²) in [6.07, 6.45) is 0. The molecule has 0 spiro atoms. The van der Waals surface area contributed by atoms with Gasteiger partial charge in [-0.15, -0.1) is 0 Å². The van der Waals surface area contributed by atoms with E-state index in [-0.39, 0.29) is 12.5 Å². The van der Waals surface area contributed by atoms with Crippen LogP contribution in [0, 0.1) is 0 Å². The number of carbonyl (C=O) groups excluding carboxylic acids is 1. The summed E-state index contributed by atoms with van der Waals surface area (Å²) >= 11 is 6.24. The Labute approximate surface area is 164 Å². The summed E-state index contributed by atoms with van der Waals surface area (Å²) in [6, 6.07) is 8.03. The third-order valence-electron chi connectivity index (χ3n) is 4.02. The van der Waals surface area contributed by atoms with E-state index in [1.165, 1.54) is 13.2 Å². The van der Waals surface area contributed by atoms with E-state index in [0.29, 0.717) is 39.7 Å². The fraction of sp³-hybridized carbons (Fsp3) is 0.211. The summed E-state index contributed by atoms with van der Waals surface area (Å²) in [4.78, 5) is 40.1. The number of carbonyl (C=O) groups is 1. The van der Waals surface area contributed by atoms with Crippen molar-refractivity contribution >= 4 is 28.5 Å². The smallest absolute Gasteiger partial charge is 0.314 e. The van der Waals surface area contributed by atoms with Crippen molar-refractivity contribution in [3.8, 4) is 11.5 Å². The Hall–Kier alpha value is -3.26. The molecule has 9 heteroatoms. The van der Waals surface area contributed by atoms with Gasteiger partial charge in [-0.3, -0.25) is 14.4 Å². The van der Waals surface area contributed by atoms with Crippen molar-refractivity contribution in [3.05, 3.63) is 67.2 Å². The number of halogens is 1. The number of amides is 1. The molecule has 0 saturated heterocycles. The number of ether oxygens (including phenoxy) is 2. The SMILES string of the molecule is CCOc1c(Cl)cc(CNC(=O)c2ccc3[nH]c(=O)c(=O)[nH]c3c2)cc1OC. The van der Waals surface area contributed by atoms with Gasteiger partial charge in [-0.05, 0) is 42.8 Å². The molecule has 1 heterocycles. The molecular weight excluding hydrogens is 386 g/mol. The fourth-order valence-corrected chi connectivity index (χ4v) is 2.99. The number of hydrogen-bond donors (Lipinski definition) is 3. The number of benzene rings is 2. The van der Waals surface area contributed by atoms with Gasteiger partial charge in [-0.1, -0.05) is 11.6 Å². The van der Waals surface area contributed by atoms with Crippen molar-refractivity contribution in [2.45, 2.75) is 13.5 Å². The molecule has 0 bridgehead atoms. The zero-order valence-corrected chi connectivity index (χ0v) is 16.0. The van der Waals surface area contributed by atoms with Crippen LogP contribution in [0.5, 0.6) is 11.5 Å². The van der Waals surface area contributed by atoms with Crippen LogP contribution in [0.15, 0.2) is 39.9 Å². The van der Waals surface area contributed by atoms with E-state index in [1.807, 2.05) is 6.92 Å². The first kappa shape index (κ1) is 19.5. The zero-order chi connectivity index (χ0) is 20.3. The van der Waals surface area contributed by atoms with Crippen LogP contribution in [0.2, 0.25) is 5.02 Å². The van der Waals surface area contributed by atoms with Crippen LogP contribution in [0.1, 0.15) is 22.8 Å². The van der Waals surface area contributed by atoms with Crippen molar-refractivity contribution in [2.24, 2.45) is 0 Å². The highest BCUT2D eigenvalue weighted by molar-refractivity contribution is 6.32. The Kier molecular flexibility index (Phi) is 5.70. The van der Waals surface area contributed by atoms with Crippen molar-refractivity contribution in [2.75, 3.05) is 13.7 Å². The normalized spacial score (nSPS) is 10.7. The number of rotatable bonds is 6. The van der Waals surface area contributed by atoms with Crippen LogP contribution in [0.25, 0.3) is 11.0 Å². The van der Waals surface area contributed by atoms with E-state index in [4.69, 9.17) is 21.1 Å². The molecule has 3 N–H and O–H groups in total. The molecule has 28 heavy (non-hydrogen) atoms. The second-order valence-corrected chi connectivity index (χ2v) is 6.30. The molecule has 2 aromatic carbocycles. The maximum atomic E-state index is 12.5. The van der Waals surface area contributed by atoms with E-state index in [1.54, 1.807) is 24.3 Å². The Morgan fingerprint density at radius 2 is 1.82 bits per heavy atom. The van der Waals surface area contributed by atoms with Crippen LogP contribution >= 0.6 is 11.6 Å². The van der Waals surface area contributed by atoms with E-state index < -0.39 is 11.1 Å². The average Bonchev–Trinajstić information content (AvgIpc) is 2.68. The predicted molar refractivity (Wildman–Crippen MR) is 106 cm³/mol. The monoisotopic (exact) mass is 403 g/mol. The lowest BCUT2D eigenvalue weighted by Crippen LogP contribution is -2.29. The van der Waals surface area contributed by atoms with Crippen LogP contribution in [0.4, 0.5) is 0 Å². The van der Waals surface area contributed by atoms with Gasteiger partial charge in [0.1, 0.15) is 0 Å². The van der Waals surface area contributed by atoms with Crippen molar-refractivity contribution in [1.29, 1.82) is 0 Å². The molecule has 0 aliphatic carbocycles. The number of aromatic nitrogens is 2. The lowest BCUT2D eigenvalue weighted by Gasteiger charge is -2.13. The molecule has 1 amide bonds. The highest BCUT2D eigenvalue weighted by Gasteiger charge is 2.13. The van der Waals surface area contributed by atoms with Gasteiger partial charge in [0, 0.05) is 12.1 Å². The van der Waals surface area contributed by atoms with Gasteiger partial charge in [0.15, 0.2) is 11.5 Å². The minimum atomic E-state index is -0.777. The van der Waals surface area contributed by atoms with E-state index >= 15 is 0 Å². The molecule has 3 rings (SSSR count). The topological polar surface area (TPSA) is 113 Å². The first-order valence-corrected chi connectivity index (χ1v) is 8.84. The van der Waals surface area contributed by atoms with Crippen LogP contribution in [-0.4, -0.2) is 29.6 Å². The van der Waals surface area contributed by atoms with Crippen molar-refractivity contribution in [3.63, 3.8) is 0 Å². The Morgan fingerprint density at radius 1 is 1.11 bits per heavy atom. The molecule has 0 atom stereocenters.